The van der Waals surface area contributed by atoms with Gasteiger partial charge in [-0.25, -0.2) is 0 Å². The number of carbonyl (C=O) groups is 1. The van der Waals surface area contributed by atoms with E-state index in [1.807, 2.05) is 4.90 Å². The summed E-state index contributed by atoms with van der Waals surface area (Å²) in [4.78, 5) is 14.6. The molecule has 1 aliphatic carbocycles. The molecule has 1 aliphatic heterocycles. The van der Waals surface area contributed by atoms with Crippen molar-refractivity contribution in [3.63, 3.8) is 0 Å². The zero-order valence-corrected chi connectivity index (χ0v) is 13.6. The van der Waals surface area contributed by atoms with E-state index in [9.17, 15) is 4.79 Å². The number of halogens is 1. The number of likely N-dealkylation sites (tertiary alicyclic amines) is 1. The van der Waals surface area contributed by atoms with E-state index in [0.717, 1.165) is 29.9 Å². The fraction of sp³-hybridized carbons (Fsp3) is 0.688. The minimum Gasteiger partial charge on any atom is -0.458 e. The molecular weight excluding hydrogens is 318 g/mol. The Morgan fingerprint density at radius 1 is 1.40 bits per heavy atom. The van der Waals surface area contributed by atoms with E-state index >= 15 is 0 Å². The highest BCUT2D eigenvalue weighted by Gasteiger charge is 2.43. The molecule has 0 bridgehead atoms. The zero-order chi connectivity index (χ0) is 14.2. The molecule has 0 N–H and O–H groups in total. The van der Waals surface area contributed by atoms with Crippen molar-refractivity contribution in [2.24, 2.45) is 11.3 Å². The molecule has 2 fully saturated rings. The average molecular weight is 340 g/mol. The van der Waals surface area contributed by atoms with Crippen LogP contribution < -0.4 is 0 Å². The smallest absolute Gasteiger partial charge is 0.290 e. The van der Waals surface area contributed by atoms with Gasteiger partial charge in [0, 0.05) is 13.1 Å². The molecule has 0 radical (unpaired) electrons. The lowest BCUT2D eigenvalue weighted by molar-refractivity contribution is 0.00525. The highest BCUT2D eigenvalue weighted by molar-refractivity contribution is 9.10. The number of rotatable bonds is 1. The summed E-state index contributed by atoms with van der Waals surface area (Å²) in [7, 11) is 0. The van der Waals surface area contributed by atoms with Gasteiger partial charge in [-0.3, -0.25) is 4.79 Å². The molecule has 4 heteroatoms. The Morgan fingerprint density at radius 2 is 2.15 bits per heavy atom. The summed E-state index contributed by atoms with van der Waals surface area (Å²) in [6.45, 7) is 4.13. The summed E-state index contributed by atoms with van der Waals surface area (Å²) >= 11 is 3.39. The minimum absolute atomic E-state index is 0.0405. The number of piperidine rings is 1. The summed E-state index contributed by atoms with van der Waals surface area (Å²) in [5.74, 6) is 1.22. The van der Waals surface area contributed by atoms with Crippen molar-refractivity contribution in [3.8, 4) is 0 Å². The highest BCUT2D eigenvalue weighted by atomic mass is 79.9. The van der Waals surface area contributed by atoms with Crippen molar-refractivity contribution in [2.75, 3.05) is 13.1 Å². The predicted octanol–water partition coefficient (Wildman–Crippen LogP) is 4.47. The summed E-state index contributed by atoms with van der Waals surface area (Å²) in [5.41, 5.74) is 0.352. The van der Waals surface area contributed by atoms with Gasteiger partial charge >= 0.3 is 0 Å². The molecule has 1 saturated heterocycles. The van der Waals surface area contributed by atoms with Crippen molar-refractivity contribution in [1.82, 2.24) is 4.90 Å². The molecule has 3 rings (SSSR count). The van der Waals surface area contributed by atoms with Gasteiger partial charge in [0.2, 0.25) is 5.76 Å². The van der Waals surface area contributed by atoms with Crippen LogP contribution in [0.2, 0.25) is 0 Å². The largest absolute Gasteiger partial charge is 0.458 e. The molecule has 3 nitrogen and oxygen atoms in total. The molecule has 110 valence electrons. The van der Waals surface area contributed by atoms with Crippen LogP contribution in [0.25, 0.3) is 0 Å². The van der Waals surface area contributed by atoms with Crippen LogP contribution in [0.5, 0.6) is 0 Å². The van der Waals surface area contributed by atoms with E-state index < -0.39 is 0 Å². The monoisotopic (exact) mass is 339 g/mol. The van der Waals surface area contributed by atoms with Gasteiger partial charge in [-0.05, 0) is 52.6 Å². The van der Waals surface area contributed by atoms with E-state index in [2.05, 4.69) is 22.9 Å². The third-order valence-corrected chi connectivity index (χ3v) is 5.96. The lowest BCUT2D eigenvalue weighted by Gasteiger charge is -2.49. The van der Waals surface area contributed by atoms with Gasteiger partial charge in [-0.15, -0.1) is 0 Å². The summed E-state index contributed by atoms with van der Waals surface area (Å²) in [5, 5.41) is 0. The molecule has 1 aromatic heterocycles. The maximum absolute atomic E-state index is 12.6. The van der Waals surface area contributed by atoms with E-state index in [1.165, 1.54) is 32.1 Å². The minimum atomic E-state index is 0.0405. The highest BCUT2D eigenvalue weighted by Crippen LogP contribution is 2.47. The van der Waals surface area contributed by atoms with Gasteiger partial charge in [0.1, 0.15) is 0 Å². The van der Waals surface area contributed by atoms with Gasteiger partial charge in [0.15, 0.2) is 0 Å². The van der Waals surface area contributed by atoms with Crippen LogP contribution >= 0.6 is 15.9 Å². The van der Waals surface area contributed by atoms with Crippen LogP contribution in [0, 0.1) is 11.3 Å². The summed E-state index contributed by atoms with van der Waals surface area (Å²) in [6, 6.07) is 1.79. The van der Waals surface area contributed by atoms with E-state index in [1.54, 1.807) is 12.3 Å². The van der Waals surface area contributed by atoms with Crippen molar-refractivity contribution >= 4 is 21.8 Å². The van der Waals surface area contributed by atoms with Crippen LogP contribution in [0.3, 0.4) is 0 Å². The lowest BCUT2D eigenvalue weighted by atomic mass is 9.63. The molecule has 2 aliphatic rings. The van der Waals surface area contributed by atoms with E-state index in [-0.39, 0.29) is 5.91 Å². The van der Waals surface area contributed by atoms with E-state index in [4.69, 9.17) is 4.42 Å². The van der Waals surface area contributed by atoms with Gasteiger partial charge in [0.25, 0.3) is 5.91 Å². The molecule has 1 aromatic rings. The fourth-order valence-corrected chi connectivity index (χ4v) is 4.31. The first-order valence-electron chi connectivity index (χ1n) is 7.65. The van der Waals surface area contributed by atoms with Crippen molar-refractivity contribution < 1.29 is 9.21 Å². The number of hydrogen-bond donors (Lipinski definition) is 0. The fourth-order valence-electron chi connectivity index (χ4n) is 3.94. The quantitative estimate of drug-likeness (QED) is 0.755. The Morgan fingerprint density at radius 3 is 2.80 bits per heavy atom. The van der Waals surface area contributed by atoms with Crippen molar-refractivity contribution in [1.29, 1.82) is 0 Å². The number of amides is 1. The molecular formula is C16H22BrNO2. The molecule has 1 saturated carbocycles. The summed E-state index contributed by atoms with van der Waals surface area (Å²) < 4.78 is 6.11. The van der Waals surface area contributed by atoms with Crippen molar-refractivity contribution in [2.45, 2.75) is 45.4 Å². The third-order valence-electron chi connectivity index (χ3n) is 5.33. The Hall–Kier alpha value is -0.770. The van der Waals surface area contributed by atoms with Crippen LogP contribution in [0.15, 0.2) is 21.2 Å². The van der Waals surface area contributed by atoms with Crippen LogP contribution in [0.1, 0.15) is 56.0 Å². The molecule has 0 unspecified atom stereocenters. The standard InChI is InChI=1S/C16H22BrNO2/c1-12-5-9-18(11-16(12)7-3-2-4-8-16)15(19)14-13(17)6-10-20-14/h6,10,12H,2-5,7-9,11H2,1H3/t12-/m0/s1. The number of nitrogens with zero attached hydrogens (tertiary/aromatic N) is 1. The molecule has 2 heterocycles. The molecule has 0 aromatic carbocycles. The second-order valence-corrected chi connectivity index (χ2v) is 7.29. The van der Waals surface area contributed by atoms with Gasteiger partial charge in [-0.1, -0.05) is 26.2 Å². The molecule has 1 amide bonds. The van der Waals surface area contributed by atoms with Crippen LogP contribution in [-0.2, 0) is 0 Å². The number of furan rings is 1. The topological polar surface area (TPSA) is 33.5 Å². The Balaban J connectivity index is 1.78. The maximum Gasteiger partial charge on any atom is 0.290 e. The second kappa shape index (κ2) is 5.55. The molecule has 1 spiro atoms. The first-order chi connectivity index (χ1) is 9.62. The van der Waals surface area contributed by atoms with Gasteiger partial charge < -0.3 is 9.32 Å². The van der Waals surface area contributed by atoms with Crippen LogP contribution in [-0.4, -0.2) is 23.9 Å². The third kappa shape index (κ3) is 2.43. The molecule has 20 heavy (non-hydrogen) atoms. The first-order valence-corrected chi connectivity index (χ1v) is 8.44. The van der Waals surface area contributed by atoms with Crippen molar-refractivity contribution in [3.05, 3.63) is 22.6 Å². The number of carbonyl (C=O) groups excluding carboxylic acids is 1. The Bertz CT molecular complexity index is 490. The van der Waals surface area contributed by atoms with Gasteiger partial charge in [-0.2, -0.15) is 0 Å². The maximum atomic E-state index is 12.6. The summed E-state index contributed by atoms with van der Waals surface area (Å²) in [6.07, 6.45) is 9.22. The number of hydrogen-bond acceptors (Lipinski definition) is 2. The Kier molecular flexibility index (Phi) is 3.93. The normalized spacial score (nSPS) is 25.9. The van der Waals surface area contributed by atoms with E-state index in [0.29, 0.717) is 11.2 Å². The second-order valence-electron chi connectivity index (χ2n) is 6.44. The Labute approximate surface area is 128 Å². The van der Waals surface area contributed by atoms with Crippen LogP contribution in [0.4, 0.5) is 0 Å². The molecule has 1 atom stereocenters. The zero-order valence-electron chi connectivity index (χ0n) is 12.0. The lowest BCUT2D eigenvalue weighted by Crippen LogP contribution is -2.51. The van der Waals surface area contributed by atoms with Gasteiger partial charge in [0.05, 0.1) is 10.7 Å². The first kappa shape index (κ1) is 14.2. The SMILES string of the molecule is C[C@H]1CCN(C(=O)c2occc2Br)CC12CCCCC2. The average Bonchev–Trinajstić information content (AvgIpc) is 2.88. The predicted molar refractivity (Wildman–Crippen MR) is 81.6 cm³/mol.